The zero-order chi connectivity index (χ0) is 14.0. The molecule has 0 aliphatic carbocycles. The summed E-state index contributed by atoms with van der Waals surface area (Å²) in [5.41, 5.74) is -1.01. The largest absolute Gasteiger partial charge is 0.417 e. The van der Waals surface area contributed by atoms with Gasteiger partial charge in [0.1, 0.15) is 0 Å². The van der Waals surface area contributed by atoms with Crippen molar-refractivity contribution in [3.8, 4) is 0 Å². The van der Waals surface area contributed by atoms with Crippen LogP contribution in [0.25, 0.3) is 0 Å². The molecule has 8 heteroatoms. The first-order valence-electron chi connectivity index (χ1n) is 5.05. The minimum absolute atomic E-state index is 0.180. The van der Waals surface area contributed by atoms with Crippen molar-refractivity contribution in [3.63, 3.8) is 0 Å². The molecule has 0 atom stereocenters. The second kappa shape index (κ2) is 5.58. The predicted molar refractivity (Wildman–Crippen MR) is 64.6 cm³/mol. The van der Waals surface area contributed by atoms with Crippen LogP contribution in [0.15, 0.2) is 27.6 Å². The number of benzene rings is 1. The molecule has 3 nitrogen and oxygen atoms in total. The van der Waals surface area contributed by atoms with Gasteiger partial charge in [0, 0.05) is 11.0 Å². The van der Waals surface area contributed by atoms with E-state index in [-0.39, 0.29) is 11.0 Å². The lowest BCUT2D eigenvalue weighted by atomic mass is 10.2. The highest BCUT2D eigenvalue weighted by Crippen LogP contribution is 2.36. The quantitative estimate of drug-likeness (QED) is 0.910. The van der Waals surface area contributed by atoms with E-state index in [1.165, 1.54) is 0 Å². The fourth-order valence-electron chi connectivity index (χ4n) is 1.21. The van der Waals surface area contributed by atoms with Crippen LogP contribution in [-0.4, -0.2) is 15.0 Å². The predicted octanol–water partition coefficient (Wildman–Crippen LogP) is 3.16. The van der Waals surface area contributed by atoms with Gasteiger partial charge in [-0.25, -0.2) is 13.1 Å². The lowest BCUT2D eigenvalue weighted by molar-refractivity contribution is -0.138. The Morgan fingerprint density at radius 1 is 1.33 bits per heavy atom. The summed E-state index contributed by atoms with van der Waals surface area (Å²) in [5.74, 6) is 0. The van der Waals surface area contributed by atoms with Crippen LogP contribution in [0, 0.1) is 0 Å². The van der Waals surface area contributed by atoms with Gasteiger partial charge in [-0.3, -0.25) is 0 Å². The van der Waals surface area contributed by atoms with Crippen LogP contribution in [0.5, 0.6) is 0 Å². The summed E-state index contributed by atoms with van der Waals surface area (Å²) in [4.78, 5) is -0.397. The zero-order valence-corrected chi connectivity index (χ0v) is 11.8. The summed E-state index contributed by atoms with van der Waals surface area (Å²) in [6.45, 7) is 1.94. The summed E-state index contributed by atoms with van der Waals surface area (Å²) < 4.78 is 63.3. The lowest BCUT2D eigenvalue weighted by Gasteiger charge is -2.11. The molecule has 0 saturated carbocycles. The molecular formula is C10H11BrF3NO2S. The third-order valence-corrected chi connectivity index (χ3v) is 4.25. The van der Waals surface area contributed by atoms with Crippen LogP contribution in [0.2, 0.25) is 0 Å². The number of hydrogen-bond donors (Lipinski definition) is 1. The van der Waals surface area contributed by atoms with Gasteiger partial charge in [-0.1, -0.05) is 22.9 Å². The van der Waals surface area contributed by atoms with Crippen molar-refractivity contribution in [3.05, 3.63) is 28.2 Å². The SMILES string of the molecule is CCCNS(=O)(=O)c1ccc(Br)c(C(F)(F)F)c1. The molecule has 1 N–H and O–H groups in total. The molecule has 0 radical (unpaired) electrons. The van der Waals surface area contributed by atoms with E-state index in [2.05, 4.69) is 20.7 Å². The summed E-state index contributed by atoms with van der Waals surface area (Å²) in [6, 6.07) is 2.81. The average Bonchev–Trinajstić information content (AvgIpc) is 2.25. The standard InChI is InChI=1S/C10H11BrF3NO2S/c1-2-5-15-18(16,17)7-3-4-9(11)8(6-7)10(12,13)14/h3-4,6,15H,2,5H2,1H3. The molecule has 0 amide bonds. The minimum Gasteiger partial charge on any atom is -0.211 e. The first kappa shape index (κ1) is 15.5. The number of alkyl halides is 3. The summed E-state index contributed by atoms with van der Waals surface area (Å²) in [6.07, 6.45) is -4.04. The molecule has 102 valence electrons. The second-order valence-corrected chi connectivity index (χ2v) is 6.16. The first-order chi connectivity index (χ1) is 8.18. The van der Waals surface area contributed by atoms with Gasteiger partial charge < -0.3 is 0 Å². The molecule has 0 aliphatic rings. The fraction of sp³-hybridized carbons (Fsp3) is 0.400. The van der Waals surface area contributed by atoms with E-state index >= 15 is 0 Å². The molecule has 1 aromatic rings. The molecule has 0 heterocycles. The maximum atomic E-state index is 12.6. The molecule has 0 spiro atoms. The van der Waals surface area contributed by atoms with Gasteiger partial charge >= 0.3 is 6.18 Å². The summed E-state index contributed by atoms with van der Waals surface area (Å²) in [7, 11) is -3.89. The van der Waals surface area contributed by atoms with E-state index in [9.17, 15) is 21.6 Å². The van der Waals surface area contributed by atoms with Gasteiger partial charge in [-0.15, -0.1) is 0 Å². The van der Waals surface area contributed by atoms with Gasteiger partial charge in [0.2, 0.25) is 10.0 Å². The van der Waals surface area contributed by atoms with Crippen LogP contribution in [0.3, 0.4) is 0 Å². The summed E-state index contributed by atoms with van der Waals surface area (Å²) >= 11 is 2.75. The Morgan fingerprint density at radius 2 is 1.94 bits per heavy atom. The van der Waals surface area contributed by atoms with E-state index in [1.54, 1.807) is 6.92 Å². The Hall–Kier alpha value is -0.600. The maximum Gasteiger partial charge on any atom is 0.417 e. The van der Waals surface area contributed by atoms with Crippen molar-refractivity contribution in [2.24, 2.45) is 0 Å². The molecule has 0 fully saturated rings. The highest BCUT2D eigenvalue weighted by Gasteiger charge is 2.34. The average molecular weight is 346 g/mol. The van der Waals surface area contributed by atoms with Crippen molar-refractivity contribution < 1.29 is 21.6 Å². The van der Waals surface area contributed by atoms with Crippen LogP contribution in [-0.2, 0) is 16.2 Å². The number of halogens is 4. The van der Waals surface area contributed by atoms with Crippen LogP contribution in [0.4, 0.5) is 13.2 Å². The van der Waals surface area contributed by atoms with Gasteiger partial charge in [-0.05, 0) is 24.6 Å². The number of nitrogens with one attached hydrogen (secondary N) is 1. The number of hydrogen-bond acceptors (Lipinski definition) is 2. The van der Waals surface area contributed by atoms with Gasteiger partial charge in [0.15, 0.2) is 0 Å². The molecular weight excluding hydrogens is 335 g/mol. The normalized spacial score (nSPS) is 12.7. The van der Waals surface area contributed by atoms with Crippen molar-refractivity contribution in [2.45, 2.75) is 24.4 Å². The Morgan fingerprint density at radius 3 is 2.44 bits per heavy atom. The Labute approximate surface area is 112 Å². The molecule has 0 aromatic heterocycles. The van der Waals surface area contributed by atoms with Crippen LogP contribution >= 0.6 is 15.9 Å². The molecule has 0 saturated heterocycles. The molecule has 1 aromatic carbocycles. The van der Waals surface area contributed by atoms with Gasteiger partial charge in [0.25, 0.3) is 0 Å². The number of sulfonamides is 1. The zero-order valence-electron chi connectivity index (χ0n) is 9.38. The molecule has 0 unspecified atom stereocenters. The fourth-order valence-corrected chi connectivity index (χ4v) is 2.84. The maximum absolute atomic E-state index is 12.6. The molecule has 1 rings (SSSR count). The smallest absolute Gasteiger partial charge is 0.211 e. The van der Waals surface area contributed by atoms with Crippen molar-refractivity contribution >= 4 is 26.0 Å². The highest BCUT2D eigenvalue weighted by molar-refractivity contribution is 9.10. The Kier molecular flexibility index (Phi) is 4.79. The topological polar surface area (TPSA) is 46.2 Å². The number of rotatable bonds is 4. The van der Waals surface area contributed by atoms with E-state index in [4.69, 9.17) is 0 Å². The van der Waals surface area contributed by atoms with Gasteiger partial charge in [-0.2, -0.15) is 13.2 Å². The lowest BCUT2D eigenvalue weighted by Crippen LogP contribution is -2.24. The monoisotopic (exact) mass is 345 g/mol. The molecule has 18 heavy (non-hydrogen) atoms. The van der Waals surface area contributed by atoms with Crippen LogP contribution < -0.4 is 4.72 Å². The Balaban J connectivity index is 3.21. The highest BCUT2D eigenvalue weighted by atomic mass is 79.9. The third kappa shape index (κ3) is 3.69. The first-order valence-corrected chi connectivity index (χ1v) is 7.32. The van der Waals surface area contributed by atoms with Crippen molar-refractivity contribution in [1.82, 2.24) is 4.72 Å². The van der Waals surface area contributed by atoms with Crippen molar-refractivity contribution in [1.29, 1.82) is 0 Å². The second-order valence-electron chi connectivity index (χ2n) is 3.54. The van der Waals surface area contributed by atoms with E-state index < -0.39 is 26.7 Å². The molecule has 0 bridgehead atoms. The van der Waals surface area contributed by atoms with E-state index in [0.29, 0.717) is 12.5 Å². The van der Waals surface area contributed by atoms with Gasteiger partial charge in [0.05, 0.1) is 10.5 Å². The van der Waals surface area contributed by atoms with Crippen LogP contribution in [0.1, 0.15) is 18.9 Å². The van der Waals surface area contributed by atoms with E-state index in [1.807, 2.05) is 0 Å². The van der Waals surface area contributed by atoms with E-state index in [0.717, 1.165) is 12.1 Å². The Bertz CT molecular complexity index is 528. The minimum atomic E-state index is -4.60. The third-order valence-electron chi connectivity index (χ3n) is 2.10. The summed E-state index contributed by atoms with van der Waals surface area (Å²) in [5, 5.41) is 0. The molecule has 0 aliphatic heterocycles. The van der Waals surface area contributed by atoms with Crippen molar-refractivity contribution in [2.75, 3.05) is 6.54 Å².